The van der Waals surface area contributed by atoms with Crippen LogP contribution in [0.25, 0.3) is 165 Å². The summed E-state index contributed by atoms with van der Waals surface area (Å²) in [6.45, 7) is 0. The van der Waals surface area contributed by atoms with Gasteiger partial charge in [0, 0.05) is 88.0 Å². The number of aromatic nitrogens is 1. The molecule has 3 heterocycles. The van der Waals surface area contributed by atoms with Crippen molar-refractivity contribution in [1.82, 2.24) is 4.98 Å². The standard InChI is InChI=1S/C48H33NO.C48H33NS.C35H26N2/c2*1-3-14-34(15-4-1)38-20-12-22-41(31-38)49(46-26-9-7-24-43(46)35-16-5-2-6-17-35)42-23-13-21-39(32-42)36-18-11-19-37(30-36)40-28-29-45-44-25-8-10-27-47(44)50-48(45)33-40;1-4-13-27(14-5-1)30-19-10-21-32(25-30)37(33-22-11-20-31(26-33)28-15-6-2-7-16-28)35-34(23-12-24-36-35)29-17-8-3-9-18-29/h2*1-33H;1-26H. The first-order chi connectivity index (χ1) is 67.9. The lowest BCUT2D eigenvalue weighted by Crippen LogP contribution is -2.13. The van der Waals surface area contributed by atoms with E-state index in [0.717, 1.165) is 107 Å². The fourth-order valence-corrected chi connectivity index (χ4v) is 19.9. The van der Waals surface area contributed by atoms with E-state index in [0.29, 0.717) is 0 Å². The SMILES string of the molecule is c1ccc(-c2cccc(N(c3cccc(-c4cccc(-c5ccc6c(c5)oc5ccccc56)c4)c3)c3ccccc3-c3ccccc3)c2)cc1.c1ccc(-c2cccc(N(c3cccc(-c4cccc(-c5ccc6c(c5)sc5ccccc56)c4)c3)c3ccccc3-c3ccccc3)c2)cc1.c1ccc(-c2cccc(N(c3cccc(-c4ccccc4)c3)c3ncccc3-c3ccccc3)c2)cc1. The van der Waals surface area contributed by atoms with E-state index in [1.165, 1.54) is 109 Å². The van der Waals surface area contributed by atoms with E-state index in [-0.39, 0.29) is 0 Å². The minimum atomic E-state index is 0.893. The molecule has 0 aliphatic heterocycles. The fraction of sp³-hybridized carbons (Fsp3) is 0. The van der Waals surface area contributed by atoms with Crippen molar-refractivity contribution in [2.45, 2.75) is 0 Å². The Balaban J connectivity index is 0.000000120. The molecule has 137 heavy (non-hydrogen) atoms. The molecule has 0 bridgehead atoms. The van der Waals surface area contributed by atoms with Crippen LogP contribution >= 0.6 is 11.3 Å². The number of fused-ring (bicyclic) bond motifs is 6. The first-order valence-electron chi connectivity index (χ1n) is 46.5. The highest BCUT2D eigenvalue weighted by Crippen LogP contribution is 2.49. The van der Waals surface area contributed by atoms with Crippen LogP contribution in [0.15, 0.2) is 563 Å². The zero-order chi connectivity index (χ0) is 91.4. The second kappa shape index (κ2) is 39.3. The van der Waals surface area contributed by atoms with Gasteiger partial charge in [0.2, 0.25) is 0 Å². The number of hydrogen-bond donors (Lipinski definition) is 0. The van der Waals surface area contributed by atoms with E-state index in [1.807, 2.05) is 41.8 Å². The van der Waals surface area contributed by atoms with Gasteiger partial charge in [0.15, 0.2) is 0 Å². The summed E-state index contributed by atoms with van der Waals surface area (Å²) in [5, 5.41) is 4.94. The summed E-state index contributed by atoms with van der Waals surface area (Å²) in [6, 6.07) is 197. The van der Waals surface area contributed by atoms with Gasteiger partial charge in [0.05, 0.1) is 11.4 Å². The number of para-hydroxylation sites is 3. The highest BCUT2D eigenvalue weighted by atomic mass is 32.1. The largest absolute Gasteiger partial charge is 0.456 e. The molecular formula is C131H92N4OS. The van der Waals surface area contributed by atoms with Crippen LogP contribution in [0.3, 0.4) is 0 Å². The summed E-state index contributed by atoms with van der Waals surface area (Å²) in [5.41, 5.74) is 36.4. The van der Waals surface area contributed by atoms with Gasteiger partial charge in [0.1, 0.15) is 17.0 Å². The molecule has 24 rings (SSSR count). The second-order valence-electron chi connectivity index (χ2n) is 34.1. The first kappa shape index (κ1) is 84.7. The lowest BCUT2D eigenvalue weighted by molar-refractivity contribution is 0.669. The molecule has 0 fully saturated rings. The summed E-state index contributed by atoms with van der Waals surface area (Å²) in [7, 11) is 0. The average molecular weight is 1770 g/mol. The van der Waals surface area contributed by atoms with Crippen molar-refractivity contribution >= 4 is 105 Å². The van der Waals surface area contributed by atoms with Crippen LogP contribution in [0.4, 0.5) is 51.3 Å². The number of anilines is 9. The molecule has 0 saturated heterocycles. The Labute approximate surface area is 803 Å². The van der Waals surface area contributed by atoms with E-state index in [9.17, 15) is 0 Å². The van der Waals surface area contributed by atoms with Crippen LogP contribution in [0, 0.1) is 0 Å². The normalized spacial score (nSPS) is 11.1. The van der Waals surface area contributed by atoms with Gasteiger partial charge in [-0.1, -0.05) is 413 Å². The van der Waals surface area contributed by atoms with Crippen LogP contribution in [-0.4, -0.2) is 4.98 Å². The minimum Gasteiger partial charge on any atom is -0.456 e. The molecule has 0 atom stereocenters. The molecule has 0 aliphatic carbocycles. The van der Waals surface area contributed by atoms with Crippen molar-refractivity contribution in [3.8, 4) is 122 Å². The van der Waals surface area contributed by atoms with Gasteiger partial charge in [-0.3, -0.25) is 4.90 Å². The molecule has 21 aromatic carbocycles. The van der Waals surface area contributed by atoms with Crippen LogP contribution in [-0.2, 0) is 0 Å². The molecular weight excluding hydrogens is 1680 g/mol. The molecule has 0 radical (unpaired) electrons. The smallest absolute Gasteiger partial charge is 0.145 e. The van der Waals surface area contributed by atoms with E-state index in [1.54, 1.807) is 0 Å². The van der Waals surface area contributed by atoms with Crippen LogP contribution < -0.4 is 14.7 Å². The van der Waals surface area contributed by atoms with Crippen LogP contribution in [0.2, 0.25) is 0 Å². The zero-order valence-electron chi connectivity index (χ0n) is 75.2. The molecule has 0 aliphatic rings. The Morgan fingerprint density at radius 3 is 0.839 bits per heavy atom. The number of thiophene rings is 1. The lowest BCUT2D eigenvalue weighted by atomic mass is 9.97. The molecule has 0 spiro atoms. The molecule has 3 aromatic heterocycles. The van der Waals surface area contributed by atoms with Crippen molar-refractivity contribution in [3.05, 3.63) is 558 Å². The van der Waals surface area contributed by atoms with E-state index < -0.39 is 0 Å². The quantitative estimate of drug-likeness (QED) is 0.0760. The number of pyridine rings is 1. The second-order valence-corrected chi connectivity index (χ2v) is 35.1. The molecule has 0 N–H and O–H groups in total. The van der Waals surface area contributed by atoms with Crippen molar-refractivity contribution in [1.29, 1.82) is 0 Å². The maximum Gasteiger partial charge on any atom is 0.145 e. The Morgan fingerprint density at radius 1 is 0.161 bits per heavy atom. The Bertz CT molecular complexity index is 7900. The maximum absolute atomic E-state index is 6.23. The monoisotopic (exact) mass is 1770 g/mol. The first-order valence-corrected chi connectivity index (χ1v) is 47.3. The third-order valence-electron chi connectivity index (χ3n) is 25.4. The van der Waals surface area contributed by atoms with Gasteiger partial charge in [-0.05, 0) is 245 Å². The number of furan rings is 1. The Morgan fingerprint density at radius 2 is 0.431 bits per heavy atom. The fourth-order valence-electron chi connectivity index (χ4n) is 18.8. The van der Waals surface area contributed by atoms with Gasteiger partial charge in [-0.15, -0.1) is 11.3 Å². The molecule has 0 amide bonds. The summed E-state index contributed by atoms with van der Waals surface area (Å²) in [6.07, 6.45) is 1.87. The summed E-state index contributed by atoms with van der Waals surface area (Å²) in [5.74, 6) is 0.893. The highest BCUT2D eigenvalue weighted by Gasteiger charge is 2.25. The highest BCUT2D eigenvalue weighted by molar-refractivity contribution is 7.25. The molecule has 648 valence electrons. The third kappa shape index (κ3) is 18.3. The molecule has 5 nitrogen and oxygen atoms in total. The predicted octanol–water partition coefficient (Wildman–Crippen LogP) is 37.5. The molecule has 24 aromatic rings. The average Bonchev–Trinajstić information content (AvgIpc) is 1.69. The summed E-state index contributed by atoms with van der Waals surface area (Å²) in [4.78, 5) is 12.0. The summed E-state index contributed by atoms with van der Waals surface area (Å²) < 4.78 is 8.88. The van der Waals surface area contributed by atoms with Crippen LogP contribution in [0.5, 0.6) is 0 Å². The van der Waals surface area contributed by atoms with Gasteiger partial charge in [-0.2, -0.15) is 0 Å². The van der Waals surface area contributed by atoms with Crippen molar-refractivity contribution in [2.24, 2.45) is 0 Å². The van der Waals surface area contributed by atoms with Crippen molar-refractivity contribution in [2.75, 3.05) is 14.7 Å². The predicted molar refractivity (Wildman–Crippen MR) is 581 cm³/mol. The van der Waals surface area contributed by atoms with Crippen molar-refractivity contribution < 1.29 is 4.42 Å². The maximum atomic E-state index is 6.23. The topological polar surface area (TPSA) is 35.8 Å². The Kier molecular flexibility index (Phi) is 24.3. The Hall–Kier alpha value is -17.8. The molecule has 0 saturated carbocycles. The van der Waals surface area contributed by atoms with Gasteiger partial charge in [0.25, 0.3) is 0 Å². The van der Waals surface area contributed by atoms with Gasteiger partial charge >= 0.3 is 0 Å². The van der Waals surface area contributed by atoms with E-state index in [2.05, 4.69) is 542 Å². The number of rotatable bonds is 20. The summed E-state index contributed by atoms with van der Waals surface area (Å²) >= 11 is 1.87. The van der Waals surface area contributed by atoms with E-state index in [4.69, 9.17) is 9.40 Å². The van der Waals surface area contributed by atoms with Gasteiger partial charge < -0.3 is 14.2 Å². The van der Waals surface area contributed by atoms with Gasteiger partial charge in [-0.25, -0.2) is 4.98 Å². The number of nitrogens with zero attached hydrogens (tertiary/aromatic N) is 4. The zero-order valence-corrected chi connectivity index (χ0v) is 76.0. The number of hydrogen-bond acceptors (Lipinski definition) is 6. The molecule has 0 unspecified atom stereocenters. The molecule has 6 heteroatoms. The lowest BCUT2D eigenvalue weighted by Gasteiger charge is -2.28. The number of benzene rings is 21. The van der Waals surface area contributed by atoms with Crippen LogP contribution in [0.1, 0.15) is 0 Å². The van der Waals surface area contributed by atoms with Crippen molar-refractivity contribution in [3.63, 3.8) is 0 Å². The van der Waals surface area contributed by atoms with E-state index >= 15 is 0 Å². The third-order valence-corrected chi connectivity index (χ3v) is 26.5. The minimum absolute atomic E-state index is 0.893.